The van der Waals surface area contributed by atoms with Gasteiger partial charge in [-0.05, 0) is 35.0 Å². The topological polar surface area (TPSA) is 125 Å². The normalized spacial score (nSPS) is 10.5. The Hall–Kier alpha value is -3.47. The summed E-state index contributed by atoms with van der Waals surface area (Å²) in [5.41, 5.74) is 1.73. The molecule has 144 valence electrons. The third kappa shape index (κ3) is 4.43. The number of aromatic nitrogens is 4. The number of tetrazole rings is 1. The van der Waals surface area contributed by atoms with E-state index < -0.39 is 4.92 Å². The molecular formula is C17H16N6O4S. The largest absolute Gasteiger partial charge is 0.497 e. The lowest BCUT2D eigenvalue weighted by Gasteiger charge is -2.08. The second-order valence-electron chi connectivity index (χ2n) is 5.67. The summed E-state index contributed by atoms with van der Waals surface area (Å²) in [5.74, 6) is 0.364. The molecule has 0 spiro atoms. The maximum absolute atomic E-state index is 12.3. The van der Waals surface area contributed by atoms with Gasteiger partial charge in [0.05, 0.1) is 29.2 Å². The van der Waals surface area contributed by atoms with Crippen molar-refractivity contribution in [3.8, 4) is 11.4 Å². The van der Waals surface area contributed by atoms with Gasteiger partial charge >= 0.3 is 0 Å². The summed E-state index contributed by atoms with van der Waals surface area (Å²) in [4.78, 5) is 22.7. The van der Waals surface area contributed by atoms with Crippen molar-refractivity contribution in [3.05, 3.63) is 58.1 Å². The molecule has 3 rings (SSSR count). The second kappa shape index (κ2) is 8.48. The molecule has 0 fully saturated rings. The van der Waals surface area contributed by atoms with Gasteiger partial charge in [-0.3, -0.25) is 14.9 Å². The van der Waals surface area contributed by atoms with E-state index in [1.165, 1.54) is 16.8 Å². The molecule has 0 bridgehead atoms. The number of carbonyl (C=O) groups is 1. The van der Waals surface area contributed by atoms with Crippen LogP contribution in [0, 0.1) is 17.0 Å². The number of non-ortho nitro benzene ring substituents is 1. The molecule has 10 nitrogen and oxygen atoms in total. The Morgan fingerprint density at radius 3 is 2.89 bits per heavy atom. The Morgan fingerprint density at radius 2 is 2.14 bits per heavy atom. The third-order valence-electron chi connectivity index (χ3n) is 3.78. The number of hydrogen-bond acceptors (Lipinski definition) is 8. The minimum Gasteiger partial charge on any atom is -0.497 e. The molecule has 1 N–H and O–H groups in total. The van der Waals surface area contributed by atoms with Gasteiger partial charge in [0, 0.05) is 18.2 Å². The fraction of sp³-hybridized carbons (Fsp3) is 0.176. The Kier molecular flexibility index (Phi) is 5.84. The number of ether oxygens (including phenoxy) is 1. The molecule has 1 aromatic heterocycles. The minimum atomic E-state index is -0.508. The monoisotopic (exact) mass is 400 g/mol. The molecule has 0 unspecified atom stereocenters. The zero-order valence-electron chi connectivity index (χ0n) is 15.0. The van der Waals surface area contributed by atoms with Crippen molar-refractivity contribution >= 4 is 29.0 Å². The molecule has 0 aliphatic rings. The van der Waals surface area contributed by atoms with E-state index in [-0.39, 0.29) is 17.3 Å². The maximum atomic E-state index is 12.3. The van der Waals surface area contributed by atoms with Crippen LogP contribution >= 0.6 is 11.8 Å². The molecule has 11 heteroatoms. The van der Waals surface area contributed by atoms with Gasteiger partial charge in [-0.15, -0.1) is 5.10 Å². The lowest BCUT2D eigenvalue weighted by molar-refractivity contribution is -0.384. The van der Waals surface area contributed by atoms with Gasteiger partial charge in [0.15, 0.2) is 0 Å². The minimum absolute atomic E-state index is 0.0342. The number of rotatable bonds is 7. The average molecular weight is 400 g/mol. The van der Waals surface area contributed by atoms with Crippen LogP contribution < -0.4 is 10.1 Å². The van der Waals surface area contributed by atoms with Gasteiger partial charge in [-0.1, -0.05) is 23.9 Å². The predicted molar refractivity (Wildman–Crippen MR) is 103 cm³/mol. The van der Waals surface area contributed by atoms with Crippen LogP contribution in [0.2, 0.25) is 0 Å². The number of methoxy groups -OCH3 is 1. The van der Waals surface area contributed by atoms with E-state index >= 15 is 0 Å². The molecule has 0 saturated heterocycles. The van der Waals surface area contributed by atoms with Gasteiger partial charge in [-0.25, -0.2) is 0 Å². The third-order valence-corrected chi connectivity index (χ3v) is 4.70. The molecule has 1 heterocycles. The van der Waals surface area contributed by atoms with Gasteiger partial charge in [0.2, 0.25) is 11.1 Å². The van der Waals surface area contributed by atoms with Crippen LogP contribution in [0.1, 0.15) is 5.56 Å². The van der Waals surface area contributed by atoms with Crippen molar-refractivity contribution in [1.82, 2.24) is 20.2 Å². The van der Waals surface area contributed by atoms with Crippen molar-refractivity contribution in [2.24, 2.45) is 0 Å². The quantitative estimate of drug-likeness (QED) is 0.364. The Bertz CT molecular complexity index is 1020. The van der Waals surface area contributed by atoms with Crippen molar-refractivity contribution < 1.29 is 14.5 Å². The summed E-state index contributed by atoms with van der Waals surface area (Å²) >= 11 is 1.15. The van der Waals surface area contributed by atoms with E-state index in [0.717, 1.165) is 17.3 Å². The summed E-state index contributed by atoms with van der Waals surface area (Å²) in [6.45, 7) is 1.76. The zero-order chi connectivity index (χ0) is 20.1. The first-order valence-electron chi connectivity index (χ1n) is 8.08. The van der Waals surface area contributed by atoms with E-state index in [4.69, 9.17) is 4.74 Å². The lowest BCUT2D eigenvalue weighted by atomic mass is 10.2. The second-order valence-corrected chi connectivity index (χ2v) is 6.61. The summed E-state index contributed by atoms with van der Waals surface area (Å²) in [6, 6.07) is 11.5. The number of carbonyl (C=O) groups excluding carboxylic acids is 1. The molecular weight excluding hydrogens is 384 g/mol. The van der Waals surface area contributed by atoms with Crippen molar-refractivity contribution in [1.29, 1.82) is 0 Å². The van der Waals surface area contributed by atoms with Gasteiger partial charge < -0.3 is 10.1 Å². The highest BCUT2D eigenvalue weighted by atomic mass is 32.2. The van der Waals surface area contributed by atoms with Gasteiger partial charge in [0.25, 0.3) is 5.69 Å². The fourth-order valence-corrected chi connectivity index (χ4v) is 3.04. The molecule has 3 aromatic rings. The van der Waals surface area contributed by atoms with Crippen molar-refractivity contribution in [2.75, 3.05) is 18.2 Å². The predicted octanol–water partition coefficient (Wildman–Crippen LogP) is 2.62. The Balaban J connectivity index is 1.69. The highest BCUT2D eigenvalue weighted by Crippen LogP contribution is 2.24. The summed E-state index contributed by atoms with van der Waals surface area (Å²) < 4.78 is 6.69. The fourth-order valence-electron chi connectivity index (χ4n) is 2.35. The van der Waals surface area contributed by atoms with E-state index in [0.29, 0.717) is 22.3 Å². The first-order valence-corrected chi connectivity index (χ1v) is 9.07. The molecule has 0 atom stereocenters. The number of thioether (sulfide) groups is 1. The van der Waals surface area contributed by atoms with Crippen LogP contribution in [0.15, 0.2) is 47.6 Å². The molecule has 28 heavy (non-hydrogen) atoms. The number of hydrogen-bond donors (Lipinski definition) is 1. The van der Waals surface area contributed by atoms with Crippen molar-refractivity contribution in [2.45, 2.75) is 12.1 Å². The van der Waals surface area contributed by atoms with Crippen LogP contribution in [0.3, 0.4) is 0 Å². The number of benzene rings is 2. The van der Waals surface area contributed by atoms with E-state index in [1.54, 1.807) is 32.2 Å². The van der Waals surface area contributed by atoms with Gasteiger partial charge in [-0.2, -0.15) is 4.68 Å². The zero-order valence-corrected chi connectivity index (χ0v) is 15.8. The number of nitrogens with zero attached hydrogens (tertiary/aromatic N) is 5. The van der Waals surface area contributed by atoms with E-state index in [2.05, 4.69) is 20.8 Å². The number of aryl methyl sites for hydroxylation is 1. The van der Waals surface area contributed by atoms with Crippen LogP contribution in [-0.4, -0.2) is 43.9 Å². The molecule has 0 saturated carbocycles. The smallest absolute Gasteiger partial charge is 0.271 e. The van der Waals surface area contributed by atoms with Crippen LogP contribution in [0.25, 0.3) is 5.69 Å². The standard InChI is InChI=1S/C17H16N6O4S/c1-11-6-7-13(23(25)26)9-15(11)18-16(24)10-28-17-19-20-21-22(17)12-4-3-5-14(8-12)27-2/h3-9H,10H2,1-2H3,(H,18,24). The number of nitro benzene ring substituents is 1. The number of nitrogens with one attached hydrogen (secondary N) is 1. The highest BCUT2D eigenvalue weighted by Gasteiger charge is 2.14. The molecule has 0 aliphatic heterocycles. The lowest BCUT2D eigenvalue weighted by Crippen LogP contribution is -2.15. The highest BCUT2D eigenvalue weighted by molar-refractivity contribution is 7.99. The molecule has 2 aromatic carbocycles. The Labute approximate surface area is 164 Å². The summed E-state index contributed by atoms with van der Waals surface area (Å²) in [7, 11) is 1.56. The molecule has 0 radical (unpaired) electrons. The molecule has 1 amide bonds. The first-order chi connectivity index (χ1) is 13.5. The number of nitro groups is 1. The van der Waals surface area contributed by atoms with E-state index in [9.17, 15) is 14.9 Å². The first kappa shape index (κ1) is 19.3. The SMILES string of the molecule is COc1cccc(-n2nnnc2SCC(=O)Nc2cc([N+](=O)[O-])ccc2C)c1. The summed E-state index contributed by atoms with van der Waals surface area (Å²) in [5, 5.41) is 25.6. The van der Waals surface area contributed by atoms with Crippen molar-refractivity contribution in [3.63, 3.8) is 0 Å². The van der Waals surface area contributed by atoms with Crippen LogP contribution in [0.5, 0.6) is 5.75 Å². The molecule has 0 aliphatic carbocycles. The Morgan fingerprint density at radius 1 is 1.32 bits per heavy atom. The maximum Gasteiger partial charge on any atom is 0.271 e. The number of anilines is 1. The van der Waals surface area contributed by atoms with Gasteiger partial charge in [0.1, 0.15) is 5.75 Å². The van der Waals surface area contributed by atoms with Crippen LogP contribution in [-0.2, 0) is 4.79 Å². The van der Waals surface area contributed by atoms with Crippen LogP contribution in [0.4, 0.5) is 11.4 Å². The average Bonchev–Trinajstić information content (AvgIpc) is 3.16. The van der Waals surface area contributed by atoms with E-state index in [1.807, 2.05) is 12.1 Å². The summed E-state index contributed by atoms with van der Waals surface area (Å²) in [6.07, 6.45) is 0. The number of amides is 1.